The molecule has 170 valence electrons. The topological polar surface area (TPSA) is 66.1 Å². The molecule has 4 rings (SSSR count). The van der Waals surface area contributed by atoms with Gasteiger partial charge < -0.3 is 19.9 Å². The molecule has 32 heavy (non-hydrogen) atoms. The monoisotopic (exact) mass is 438 g/mol. The molecule has 1 aliphatic heterocycles. The predicted molar refractivity (Wildman–Crippen MR) is 123 cm³/mol. The lowest BCUT2D eigenvalue weighted by Crippen LogP contribution is -2.38. The standard InChI is InChI=1S/C26H31FN2O3/c1-5-16(2)12-18-17(3)6-7-22(25(18)27)32-21-8-11-29-20-14-24(23(30-4)13-19(20)21)31-15-26(28)9-10-26/h1,6-7,11-12,14,19,21-22,25H,8-10,13,15,28H2,2-4H3/b16-12-/t19-,21+,22+,25?/m1/s1. The van der Waals surface area contributed by atoms with Crippen LogP contribution in [-0.2, 0) is 14.2 Å². The molecule has 1 fully saturated rings. The number of rotatable bonds is 7. The van der Waals surface area contributed by atoms with Gasteiger partial charge in [-0.05, 0) is 49.5 Å². The van der Waals surface area contributed by atoms with Crippen LogP contribution in [0.1, 0.15) is 39.5 Å². The number of hydrogen-bond donors (Lipinski definition) is 1. The van der Waals surface area contributed by atoms with Crippen molar-refractivity contribution in [1.82, 2.24) is 0 Å². The van der Waals surface area contributed by atoms with E-state index in [0.717, 1.165) is 29.9 Å². The Morgan fingerprint density at radius 3 is 2.91 bits per heavy atom. The van der Waals surface area contributed by atoms with Crippen LogP contribution in [0.2, 0.25) is 0 Å². The van der Waals surface area contributed by atoms with Crippen molar-refractivity contribution in [3.8, 4) is 12.3 Å². The molecule has 2 N–H and O–H groups in total. The van der Waals surface area contributed by atoms with Crippen LogP contribution < -0.4 is 5.73 Å². The van der Waals surface area contributed by atoms with E-state index < -0.39 is 12.3 Å². The third-order valence-electron chi connectivity index (χ3n) is 6.53. The van der Waals surface area contributed by atoms with Gasteiger partial charge in [-0.15, -0.1) is 6.42 Å². The van der Waals surface area contributed by atoms with Gasteiger partial charge in [-0.3, -0.25) is 4.99 Å². The van der Waals surface area contributed by atoms with Crippen LogP contribution in [0.5, 0.6) is 0 Å². The summed E-state index contributed by atoms with van der Waals surface area (Å²) in [5, 5.41) is 0. The molecule has 1 unspecified atom stereocenters. The zero-order chi connectivity index (χ0) is 22.9. The summed E-state index contributed by atoms with van der Waals surface area (Å²) in [7, 11) is 1.64. The fourth-order valence-electron chi connectivity index (χ4n) is 4.20. The first kappa shape index (κ1) is 22.6. The smallest absolute Gasteiger partial charge is 0.158 e. The fraction of sp³-hybridized carbons (Fsp3) is 0.500. The number of hydrogen-bond acceptors (Lipinski definition) is 5. The number of alkyl halides is 1. The highest BCUT2D eigenvalue weighted by atomic mass is 19.1. The molecule has 6 heteroatoms. The average molecular weight is 439 g/mol. The first-order valence-electron chi connectivity index (χ1n) is 11.1. The zero-order valence-corrected chi connectivity index (χ0v) is 18.9. The van der Waals surface area contributed by atoms with Crippen molar-refractivity contribution in [2.45, 2.75) is 63.4 Å². The molecule has 0 spiro atoms. The number of ether oxygens (including phenoxy) is 3. The lowest BCUT2D eigenvalue weighted by molar-refractivity contribution is -0.0397. The summed E-state index contributed by atoms with van der Waals surface area (Å²) < 4.78 is 33.3. The predicted octanol–water partition coefficient (Wildman–Crippen LogP) is 4.29. The minimum absolute atomic E-state index is 0.0332. The van der Waals surface area contributed by atoms with Crippen molar-refractivity contribution in [2.75, 3.05) is 13.7 Å². The number of nitrogens with two attached hydrogens (primary N) is 1. The summed E-state index contributed by atoms with van der Waals surface area (Å²) >= 11 is 0. The highest BCUT2D eigenvalue weighted by molar-refractivity contribution is 5.62. The van der Waals surface area contributed by atoms with Gasteiger partial charge in [-0.2, -0.15) is 0 Å². The first-order chi connectivity index (χ1) is 15.3. The van der Waals surface area contributed by atoms with Crippen molar-refractivity contribution in [3.63, 3.8) is 0 Å². The van der Waals surface area contributed by atoms with E-state index in [1.807, 2.05) is 25.3 Å². The Labute approximate surface area is 189 Å². The molecule has 0 aromatic rings. The van der Waals surface area contributed by atoms with Gasteiger partial charge in [0.05, 0.1) is 18.8 Å². The Balaban J connectivity index is 1.48. The Kier molecular flexibility index (Phi) is 6.41. The fourth-order valence-corrected chi connectivity index (χ4v) is 4.20. The van der Waals surface area contributed by atoms with Gasteiger partial charge in [0.1, 0.15) is 18.5 Å². The number of terminal acetylenes is 1. The van der Waals surface area contributed by atoms with E-state index in [0.29, 0.717) is 36.4 Å². The van der Waals surface area contributed by atoms with Crippen LogP contribution in [-0.4, -0.2) is 43.8 Å². The molecule has 1 heterocycles. The summed E-state index contributed by atoms with van der Waals surface area (Å²) in [5.74, 6) is 3.94. The normalized spacial score (nSPS) is 31.1. The van der Waals surface area contributed by atoms with Gasteiger partial charge in [-0.1, -0.05) is 18.1 Å². The van der Waals surface area contributed by atoms with E-state index in [2.05, 4.69) is 10.9 Å². The van der Waals surface area contributed by atoms with Crippen molar-refractivity contribution in [2.24, 2.45) is 16.6 Å². The Bertz CT molecular complexity index is 991. The summed E-state index contributed by atoms with van der Waals surface area (Å²) in [5.41, 5.74) is 8.92. The highest BCUT2D eigenvalue weighted by Crippen LogP contribution is 2.40. The maximum absolute atomic E-state index is 15.4. The van der Waals surface area contributed by atoms with E-state index in [1.54, 1.807) is 26.2 Å². The van der Waals surface area contributed by atoms with E-state index >= 15 is 4.39 Å². The van der Waals surface area contributed by atoms with E-state index in [4.69, 9.17) is 26.4 Å². The van der Waals surface area contributed by atoms with Crippen molar-refractivity contribution < 1.29 is 18.6 Å². The van der Waals surface area contributed by atoms with Crippen LogP contribution in [0.4, 0.5) is 4.39 Å². The number of halogens is 1. The molecule has 0 aromatic carbocycles. The molecule has 0 saturated heterocycles. The Hall–Kier alpha value is -2.62. The molecule has 0 bridgehead atoms. The third kappa shape index (κ3) is 4.74. The molecule has 0 radical (unpaired) electrons. The lowest BCUT2D eigenvalue weighted by atomic mass is 9.85. The molecule has 4 atom stereocenters. The molecule has 0 amide bonds. The number of aliphatic imine (C=N–C) groups is 1. The van der Waals surface area contributed by atoms with Crippen molar-refractivity contribution in [1.29, 1.82) is 0 Å². The van der Waals surface area contributed by atoms with Gasteiger partial charge in [0, 0.05) is 36.7 Å². The SMILES string of the molecule is C#C/C(C)=C\C1=C(C)C=C[C@H](O[C@H]2CC=NC3=CC(OCC4(N)CC4)=C(OC)C[C@H]32)C1F. The summed E-state index contributed by atoms with van der Waals surface area (Å²) in [6, 6.07) is 0. The van der Waals surface area contributed by atoms with Gasteiger partial charge >= 0.3 is 0 Å². The van der Waals surface area contributed by atoms with Crippen LogP contribution in [0.3, 0.4) is 0 Å². The van der Waals surface area contributed by atoms with Gasteiger partial charge in [0.15, 0.2) is 11.9 Å². The van der Waals surface area contributed by atoms with Gasteiger partial charge in [0.25, 0.3) is 0 Å². The quantitative estimate of drug-likeness (QED) is 0.603. The summed E-state index contributed by atoms with van der Waals surface area (Å²) in [4.78, 5) is 4.57. The Morgan fingerprint density at radius 1 is 1.44 bits per heavy atom. The molecule has 0 aromatic heterocycles. The minimum atomic E-state index is -1.28. The van der Waals surface area contributed by atoms with Crippen LogP contribution in [0.25, 0.3) is 0 Å². The highest BCUT2D eigenvalue weighted by Gasteiger charge is 2.41. The second-order valence-electron chi connectivity index (χ2n) is 9.08. The van der Waals surface area contributed by atoms with Crippen LogP contribution >= 0.6 is 0 Å². The zero-order valence-electron chi connectivity index (χ0n) is 18.9. The van der Waals surface area contributed by atoms with Crippen LogP contribution in [0, 0.1) is 18.3 Å². The second kappa shape index (κ2) is 9.09. The number of fused-ring (bicyclic) bond motifs is 1. The molecule has 1 saturated carbocycles. The van der Waals surface area contributed by atoms with Crippen molar-refractivity contribution >= 4 is 6.21 Å². The molecule has 3 aliphatic carbocycles. The van der Waals surface area contributed by atoms with Gasteiger partial charge in [-0.25, -0.2) is 4.39 Å². The van der Waals surface area contributed by atoms with E-state index in [1.165, 1.54) is 0 Å². The van der Waals surface area contributed by atoms with Crippen molar-refractivity contribution in [3.05, 3.63) is 58.2 Å². The number of nitrogens with zero attached hydrogens (tertiary/aromatic N) is 1. The molecule has 5 nitrogen and oxygen atoms in total. The van der Waals surface area contributed by atoms with Crippen LogP contribution in [0.15, 0.2) is 63.2 Å². The molecular formula is C26H31FN2O3. The average Bonchev–Trinajstić information content (AvgIpc) is 3.53. The van der Waals surface area contributed by atoms with Gasteiger partial charge in [0.2, 0.25) is 0 Å². The summed E-state index contributed by atoms with van der Waals surface area (Å²) in [6.07, 6.45) is 15.6. The molecular weight excluding hydrogens is 407 g/mol. The lowest BCUT2D eigenvalue weighted by Gasteiger charge is -2.36. The second-order valence-corrected chi connectivity index (χ2v) is 9.08. The molecule has 4 aliphatic rings. The Morgan fingerprint density at radius 2 is 2.22 bits per heavy atom. The largest absolute Gasteiger partial charge is 0.497 e. The first-order valence-corrected chi connectivity index (χ1v) is 11.1. The minimum Gasteiger partial charge on any atom is -0.497 e. The number of methoxy groups -OCH3 is 1. The number of allylic oxidation sites excluding steroid dienone is 6. The van der Waals surface area contributed by atoms with E-state index in [9.17, 15) is 0 Å². The maximum Gasteiger partial charge on any atom is 0.158 e. The summed E-state index contributed by atoms with van der Waals surface area (Å²) in [6.45, 7) is 4.14. The van der Waals surface area contributed by atoms with E-state index in [-0.39, 0.29) is 17.6 Å². The maximum atomic E-state index is 15.4. The third-order valence-corrected chi connectivity index (χ3v) is 6.53.